The van der Waals surface area contributed by atoms with E-state index in [1.54, 1.807) is 30.3 Å². The van der Waals surface area contributed by atoms with Crippen molar-refractivity contribution >= 4 is 11.8 Å². The van der Waals surface area contributed by atoms with E-state index in [9.17, 15) is 22.8 Å². The summed E-state index contributed by atoms with van der Waals surface area (Å²) in [6.45, 7) is -1.79. The first-order valence-electron chi connectivity index (χ1n) is 8.15. The van der Waals surface area contributed by atoms with Crippen molar-refractivity contribution in [2.75, 3.05) is 19.8 Å². The van der Waals surface area contributed by atoms with E-state index in [2.05, 4.69) is 15.4 Å². The lowest BCUT2D eigenvalue weighted by Gasteiger charge is -2.18. The summed E-state index contributed by atoms with van der Waals surface area (Å²) in [5.74, 6) is -1.05. The van der Waals surface area contributed by atoms with Crippen LogP contribution in [-0.4, -0.2) is 43.8 Å². The molecular formula is C18H19F3N2O4. The summed E-state index contributed by atoms with van der Waals surface area (Å²) in [4.78, 5) is 24.5. The Morgan fingerprint density at radius 2 is 1.85 bits per heavy atom. The lowest BCUT2D eigenvalue weighted by atomic mass is 10.1. The number of benzene rings is 1. The van der Waals surface area contributed by atoms with Crippen molar-refractivity contribution in [3.8, 4) is 0 Å². The molecule has 2 amide bonds. The molecule has 146 valence electrons. The van der Waals surface area contributed by atoms with E-state index in [1.807, 2.05) is 6.07 Å². The Labute approximate surface area is 153 Å². The average molecular weight is 384 g/mol. The fourth-order valence-corrected chi connectivity index (χ4v) is 2.25. The summed E-state index contributed by atoms with van der Waals surface area (Å²) in [5, 5.41) is 5.03. The predicted octanol–water partition coefficient (Wildman–Crippen LogP) is 2.32. The number of amides is 2. The Kier molecular flexibility index (Phi) is 7.42. The van der Waals surface area contributed by atoms with Crippen molar-refractivity contribution in [1.29, 1.82) is 0 Å². The molecule has 6 nitrogen and oxygen atoms in total. The molecule has 0 aliphatic carbocycles. The van der Waals surface area contributed by atoms with E-state index >= 15 is 0 Å². The molecule has 27 heavy (non-hydrogen) atoms. The van der Waals surface area contributed by atoms with Crippen LogP contribution in [0.3, 0.4) is 0 Å². The number of hydrogen-bond donors (Lipinski definition) is 2. The molecule has 0 saturated carbocycles. The molecule has 0 aliphatic heterocycles. The Bertz CT molecular complexity index is 718. The fourth-order valence-electron chi connectivity index (χ4n) is 2.25. The standard InChI is InChI=1S/C18H19F3N2O4/c19-18(20,21)12-26-10-8-22-16(24)14(11-13-5-2-1-3-6-13)23-17(25)15-7-4-9-27-15/h1-7,9,14H,8,10-12H2,(H,22,24)(H,23,25). The van der Waals surface area contributed by atoms with Crippen molar-refractivity contribution in [3.63, 3.8) is 0 Å². The molecular weight excluding hydrogens is 365 g/mol. The van der Waals surface area contributed by atoms with Crippen LogP contribution in [0.1, 0.15) is 16.1 Å². The Hall–Kier alpha value is -2.81. The lowest BCUT2D eigenvalue weighted by Crippen LogP contribution is -2.48. The first kappa shape index (κ1) is 20.5. The Morgan fingerprint density at radius 1 is 1.11 bits per heavy atom. The molecule has 1 aromatic heterocycles. The summed E-state index contributed by atoms with van der Waals surface area (Å²) in [5.41, 5.74) is 0.811. The summed E-state index contributed by atoms with van der Waals surface area (Å²) >= 11 is 0. The van der Waals surface area contributed by atoms with Gasteiger partial charge in [0.2, 0.25) is 5.91 Å². The number of rotatable bonds is 9. The van der Waals surface area contributed by atoms with Crippen molar-refractivity contribution in [3.05, 3.63) is 60.1 Å². The Morgan fingerprint density at radius 3 is 2.48 bits per heavy atom. The second-order valence-corrected chi connectivity index (χ2v) is 5.65. The van der Waals surface area contributed by atoms with Crippen LogP contribution in [0.2, 0.25) is 0 Å². The minimum absolute atomic E-state index is 0.0503. The van der Waals surface area contributed by atoms with E-state index in [-0.39, 0.29) is 25.3 Å². The molecule has 1 atom stereocenters. The number of hydrogen-bond acceptors (Lipinski definition) is 4. The van der Waals surface area contributed by atoms with Gasteiger partial charge < -0.3 is 19.8 Å². The topological polar surface area (TPSA) is 80.6 Å². The smallest absolute Gasteiger partial charge is 0.411 e. The van der Waals surface area contributed by atoms with Gasteiger partial charge in [0.1, 0.15) is 12.6 Å². The average Bonchev–Trinajstić information content (AvgIpc) is 3.15. The number of halogens is 3. The van der Waals surface area contributed by atoms with Gasteiger partial charge in [-0.1, -0.05) is 30.3 Å². The lowest BCUT2D eigenvalue weighted by molar-refractivity contribution is -0.173. The minimum atomic E-state index is -4.42. The number of furan rings is 1. The van der Waals surface area contributed by atoms with Gasteiger partial charge >= 0.3 is 6.18 Å². The monoisotopic (exact) mass is 384 g/mol. The van der Waals surface area contributed by atoms with Gasteiger partial charge in [0, 0.05) is 13.0 Å². The Balaban J connectivity index is 1.92. The summed E-state index contributed by atoms with van der Waals surface area (Å²) in [6, 6.07) is 11.1. The van der Waals surface area contributed by atoms with Gasteiger partial charge in [0.25, 0.3) is 5.91 Å². The molecule has 2 rings (SSSR count). The van der Waals surface area contributed by atoms with E-state index in [4.69, 9.17) is 4.42 Å². The first-order chi connectivity index (χ1) is 12.8. The van der Waals surface area contributed by atoms with Crippen LogP contribution in [0.5, 0.6) is 0 Å². The van der Waals surface area contributed by atoms with Crippen LogP contribution in [0.4, 0.5) is 13.2 Å². The highest BCUT2D eigenvalue weighted by atomic mass is 19.4. The van der Waals surface area contributed by atoms with Gasteiger partial charge in [0.05, 0.1) is 12.9 Å². The van der Waals surface area contributed by atoms with Crippen LogP contribution >= 0.6 is 0 Å². The van der Waals surface area contributed by atoms with Gasteiger partial charge in [-0.3, -0.25) is 9.59 Å². The molecule has 0 radical (unpaired) electrons. The van der Waals surface area contributed by atoms with Gasteiger partial charge in [-0.2, -0.15) is 13.2 Å². The van der Waals surface area contributed by atoms with Gasteiger partial charge in [-0.05, 0) is 17.7 Å². The maximum absolute atomic E-state index is 12.4. The maximum atomic E-state index is 12.4. The van der Waals surface area contributed by atoms with Crippen LogP contribution < -0.4 is 10.6 Å². The molecule has 0 bridgehead atoms. The molecule has 2 aromatic rings. The van der Waals surface area contributed by atoms with Gasteiger partial charge in [-0.15, -0.1) is 0 Å². The molecule has 0 saturated heterocycles. The third-order valence-corrected chi connectivity index (χ3v) is 3.46. The molecule has 1 aromatic carbocycles. The summed E-state index contributed by atoms with van der Waals surface area (Å²) in [6.07, 6.45) is -2.88. The number of alkyl halides is 3. The number of carbonyl (C=O) groups is 2. The van der Waals surface area contributed by atoms with Gasteiger partial charge in [0.15, 0.2) is 5.76 Å². The van der Waals surface area contributed by atoms with Gasteiger partial charge in [-0.25, -0.2) is 0 Å². The quantitative estimate of drug-likeness (QED) is 0.651. The highest BCUT2D eigenvalue weighted by molar-refractivity contribution is 5.95. The molecule has 1 heterocycles. The molecule has 9 heteroatoms. The van der Waals surface area contributed by atoms with E-state index < -0.39 is 30.6 Å². The summed E-state index contributed by atoms with van der Waals surface area (Å²) < 4.78 is 45.5. The van der Waals surface area contributed by atoms with Crippen LogP contribution in [-0.2, 0) is 16.0 Å². The van der Waals surface area contributed by atoms with E-state index in [1.165, 1.54) is 12.3 Å². The molecule has 0 aliphatic rings. The zero-order valence-electron chi connectivity index (χ0n) is 14.3. The van der Waals surface area contributed by atoms with E-state index in [0.29, 0.717) is 0 Å². The molecule has 0 fully saturated rings. The molecule has 0 spiro atoms. The van der Waals surface area contributed by atoms with Crippen LogP contribution in [0, 0.1) is 0 Å². The SMILES string of the molecule is O=C(NC(Cc1ccccc1)C(=O)NCCOCC(F)(F)F)c1ccco1. The number of ether oxygens (including phenoxy) is 1. The number of carbonyl (C=O) groups excluding carboxylic acids is 2. The molecule has 1 unspecified atom stereocenters. The van der Waals surface area contributed by atoms with Crippen molar-refractivity contribution in [2.45, 2.75) is 18.6 Å². The maximum Gasteiger partial charge on any atom is 0.411 e. The normalized spacial score (nSPS) is 12.4. The zero-order valence-corrected chi connectivity index (χ0v) is 14.3. The van der Waals surface area contributed by atoms with E-state index in [0.717, 1.165) is 5.56 Å². The third-order valence-electron chi connectivity index (χ3n) is 3.46. The summed E-state index contributed by atoms with van der Waals surface area (Å²) in [7, 11) is 0. The van der Waals surface area contributed by atoms with Crippen LogP contribution in [0.15, 0.2) is 53.1 Å². The first-order valence-corrected chi connectivity index (χ1v) is 8.15. The largest absolute Gasteiger partial charge is 0.459 e. The third kappa shape index (κ3) is 7.53. The zero-order chi connectivity index (χ0) is 19.7. The second kappa shape index (κ2) is 9.77. The highest BCUT2D eigenvalue weighted by Crippen LogP contribution is 2.14. The second-order valence-electron chi connectivity index (χ2n) is 5.65. The van der Waals surface area contributed by atoms with Crippen molar-refractivity contribution in [2.24, 2.45) is 0 Å². The van der Waals surface area contributed by atoms with Crippen molar-refractivity contribution in [1.82, 2.24) is 10.6 Å². The highest BCUT2D eigenvalue weighted by Gasteiger charge is 2.27. The van der Waals surface area contributed by atoms with Crippen LogP contribution in [0.25, 0.3) is 0 Å². The molecule has 2 N–H and O–H groups in total. The predicted molar refractivity (Wildman–Crippen MR) is 90.0 cm³/mol. The number of nitrogens with one attached hydrogen (secondary N) is 2. The minimum Gasteiger partial charge on any atom is -0.459 e. The van der Waals surface area contributed by atoms with Crippen molar-refractivity contribution < 1.29 is 31.9 Å². The fraction of sp³-hybridized carbons (Fsp3) is 0.333.